The molecule has 3 aliphatic rings. The van der Waals surface area contributed by atoms with Crippen LogP contribution in [-0.4, -0.2) is 57.7 Å². The number of likely N-dealkylation sites (tertiary alicyclic amines) is 2. The number of hydrogen-bond acceptors (Lipinski definition) is 4. The summed E-state index contributed by atoms with van der Waals surface area (Å²) in [5.74, 6) is 0.304. The lowest BCUT2D eigenvalue weighted by atomic mass is 10.1. The number of aryl methyl sites for hydroxylation is 2. The Labute approximate surface area is 148 Å². The maximum atomic E-state index is 12.4. The zero-order valence-electron chi connectivity index (χ0n) is 15.0. The van der Waals surface area contributed by atoms with Crippen molar-refractivity contribution in [3.8, 4) is 0 Å². The minimum atomic E-state index is 0.0405. The summed E-state index contributed by atoms with van der Waals surface area (Å²) in [6.45, 7) is 4.38. The second-order valence-electron chi connectivity index (χ2n) is 7.66. The number of carbonyl (C=O) groups is 1. The number of hydrogen-bond donors (Lipinski definition) is 0. The molecule has 4 rings (SSSR count). The van der Waals surface area contributed by atoms with Gasteiger partial charge in [0.2, 0.25) is 5.91 Å². The Bertz CT molecular complexity index is 699. The lowest BCUT2D eigenvalue weighted by Gasteiger charge is -2.31. The maximum Gasteiger partial charge on any atom is 0.267 e. The molecule has 2 fully saturated rings. The van der Waals surface area contributed by atoms with Crippen LogP contribution in [0.25, 0.3) is 0 Å². The molecule has 0 aromatic carbocycles. The van der Waals surface area contributed by atoms with E-state index in [0.717, 1.165) is 82.4 Å². The molecule has 1 aliphatic carbocycles. The average Bonchev–Trinajstić information content (AvgIpc) is 3.23. The zero-order chi connectivity index (χ0) is 17.2. The summed E-state index contributed by atoms with van der Waals surface area (Å²) in [4.78, 5) is 28.8. The normalized spacial score (nSPS) is 24.1. The second kappa shape index (κ2) is 7.28. The summed E-state index contributed by atoms with van der Waals surface area (Å²) in [6, 6.07) is 2.16. The van der Waals surface area contributed by atoms with Gasteiger partial charge in [-0.05, 0) is 57.1 Å². The van der Waals surface area contributed by atoms with E-state index in [4.69, 9.17) is 0 Å². The Morgan fingerprint density at radius 3 is 2.80 bits per heavy atom. The smallest absolute Gasteiger partial charge is 0.267 e. The van der Waals surface area contributed by atoms with Crippen LogP contribution >= 0.6 is 0 Å². The predicted molar refractivity (Wildman–Crippen MR) is 95.5 cm³/mol. The van der Waals surface area contributed by atoms with Gasteiger partial charge in [0.15, 0.2) is 0 Å². The fourth-order valence-electron chi connectivity index (χ4n) is 4.51. The number of amides is 1. The summed E-state index contributed by atoms with van der Waals surface area (Å²) in [5.41, 5.74) is 2.30. The summed E-state index contributed by atoms with van der Waals surface area (Å²) in [7, 11) is 0. The van der Waals surface area contributed by atoms with Crippen LogP contribution in [0.1, 0.15) is 49.8 Å². The summed E-state index contributed by atoms with van der Waals surface area (Å²) < 4.78 is 1.68. The SMILES string of the molecule is O=C1CCCCN1CCN1CCCC1Cn1nc2c(cc1=O)CCC2. The summed E-state index contributed by atoms with van der Waals surface area (Å²) in [5, 5.41) is 4.63. The Kier molecular flexibility index (Phi) is 4.88. The highest BCUT2D eigenvalue weighted by Crippen LogP contribution is 2.20. The van der Waals surface area contributed by atoms with Crippen LogP contribution in [0, 0.1) is 0 Å². The van der Waals surface area contributed by atoms with Gasteiger partial charge in [-0.15, -0.1) is 0 Å². The molecule has 3 heterocycles. The highest BCUT2D eigenvalue weighted by Gasteiger charge is 2.27. The lowest BCUT2D eigenvalue weighted by Crippen LogP contribution is -2.44. The standard InChI is InChI=1S/C19H28N4O2/c24-18-8-1-2-9-22(18)12-11-21-10-4-6-16(21)14-23-19(25)13-15-5-3-7-17(15)20-23/h13,16H,1-12,14H2. The molecule has 6 nitrogen and oxygen atoms in total. The number of aromatic nitrogens is 2. The molecule has 0 radical (unpaired) electrons. The van der Waals surface area contributed by atoms with Crippen molar-refractivity contribution in [1.29, 1.82) is 0 Å². The van der Waals surface area contributed by atoms with Crippen molar-refractivity contribution in [3.63, 3.8) is 0 Å². The first-order valence-corrected chi connectivity index (χ1v) is 9.82. The largest absolute Gasteiger partial charge is 0.341 e. The quantitative estimate of drug-likeness (QED) is 0.806. The maximum absolute atomic E-state index is 12.4. The van der Waals surface area contributed by atoms with E-state index in [1.807, 2.05) is 4.90 Å². The van der Waals surface area contributed by atoms with Crippen LogP contribution in [-0.2, 0) is 24.2 Å². The van der Waals surface area contributed by atoms with Gasteiger partial charge in [0.1, 0.15) is 0 Å². The number of fused-ring (bicyclic) bond motifs is 1. The Morgan fingerprint density at radius 1 is 1.00 bits per heavy atom. The van der Waals surface area contributed by atoms with Crippen molar-refractivity contribution in [2.75, 3.05) is 26.2 Å². The molecule has 6 heteroatoms. The van der Waals surface area contributed by atoms with E-state index in [9.17, 15) is 9.59 Å². The van der Waals surface area contributed by atoms with Crippen LogP contribution in [0.5, 0.6) is 0 Å². The van der Waals surface area contributed by atoms with Crippen LogP contribution in [0.4, 0.5) is 0 Å². The topological polar surface area (TPSA) is 58.4 Å². The van der Waals surface area contributed by atoms with Gasteiger partial charge >= 0.3 is 0 Å². The first-order valence-electron chi connectivity index (χ1n) is 9.82. The molecule has 1 atom stereocenters. The van der Waals surface area contributed by atoms with Gasteiger partial charge in [-0.3, -0.25) is 14.5 Å². The summed E-state index contributed by atoms with van der Waals surface area (Å²) >= 11 is 0. The van der Waals surface area contributed by atoms with Crippen LogP contribution < -0.4 is 5.56 Å². The van der Waals surface area contributed by atoms with Gasteiger partial charge in [0.05, 0.1) is 12.2 Å². The number of nitrogens with zero attached hydrogens (tertiary/aromatic N) is 4. The fraction of sp³-hybridized carbons (Fsp3) is 0.737. The molecule has 25 heavy (non-hydrogen) atoms. The van der Waals surface area contributed by atoms with Crippen LogP contribution in [0.2, 0.25) is 0 Å². The van der Waals surface area contributed by atoms with E-state index in [1.165, 1.54) is 0 Å². The number of rotatable bonds is 5. The van der Waals surface area contributed by atoms with E-state index >= 15 is 0 Å². The molecule has 0 N–H and O–H groups in total. The third kappa shape index (κ3) is 3.64. The molecule has 0 bridgehead atoms. The van der Waals surface area contributed by atoms with Gasteiger partial charge in [-0.1, -0.05) is 0 Å². The van der Waals surface area contributed by atoms with Crippen molar-refractivity contribution in [1.82, 2.24) is 19.6 Å². The third-order valence-electron chi connectivity index (χ3n) is 5.99. The Morgan fingerprint density at radius 2 is 1.92 bits per heavy atom. The van der Waals surface area contributed by atoms with E-state index in [1.54, 1.807) is 10.7 Å². The Hall–Kier alpha value is -1.69. The molecule has 2 aliphatic heterocycles. The van der Waals surface area contributed by atoms with Crippen molar-refractivity contribution in [2.45, 2.75) is 64.0 Å². The van der Waals surface area contributed by atoms with E-state index < -0.39 is 0 Å². The van der Waals surface area contributed by atoms with Crippen molar-refractivity contribution in [3.05, 3.63) is 27.7 Å². The van der Waals surface area contributed by atoms with Crippen LogP contribution in [0.15, 0.2) is 10.9 Å². The molecule has 0 saturated carbocycles. The van der Waals surface area contributed by atoms with E-state index in [-0.39, 0.29) is 5.56 Å². The van der Waals surface area contributed by atoms with Gasteiger partial charge in [0, 0.05) is 38.2 Å². The molecule has 1 unspecified atom stereocenters. The molecule has 1 amide bonds. The average molecular weight is 344 g/mol. The lowest BCUT2D eigenvalue weighted by molar-refractivity contribution is -0.133. The summed E-state index contributed by atoms with van der Waals surface area (Å²) in [6.07, 6.45) is 8.26. The number of piperidine rings is 1. The molecule has 1 aromatic heterocycles. The third-order valence-corrected chi connectivity index (χ3v) is 5.99. The molecule has 136 valence electrons. The molecule has 0 spiro atoms. The van der Waals surface area contributed by atoms with Gasteiger partial charge in [-0.25, -0.2) is 4.68 Å². The highest BCUT2D eigenvalue weighted by atomic mass is 16.2. The minimum absolute atomic E-state index is 0.0405. The van der Waals surface area contributed by atoms with Crippen LogP contribution in [0.3, 0.4) is 0 Å². The van der Waals surface area contributed by atoms with Crippen molar-refractivity contribution in [2.24, 2.45) is 0 Å². The fourth-order valence-corrected chi connectivity index (χ4v) is 4.51. The predicted octanol–water partition coefficient (Wildman–Crippen LogP) is 1.21. The first-order chi connectivity index (χ1) is 12.2. The monoisotopic (exact) mass is 344 g/mol. The van der Waals surface area contributed by atoms with Gasteiger partial charge in [0.25, 0.3) is 5.56 Å². The van der Waals surface area contributed by atoms with Crippen molar-refractivity contribution < 1.29 is 4.79 Å². The second-order valence-corrected chi connectivity index (χ2v) is 7.66. The van der Waals surface area contributed by atoms with E-state index in [0.29, 0.717) is 24.9 Å². The van der Waals surface area contributed by atoms with Crippen molar-refractivity contribution >= 4 is 5.91 Å². The highest BCUT2D eigenvalue weighted by molar-refractivity contribution is 5.76. The Balaban J connectivity index is 1.38. The number of carbonyl (C=O) groups excluding carboxylic acids is 1. The minimum Gasteiger partial charge on any atom is -0.341 e. The van der Waals surface area contributed by atoms with Gasteiger partial charge in [-0.2, -0.15) is 5.10 Å². The molecular formula is C19H28N4O2. The zero-order valence-corrected chi connectivity index (χ0v) is 15.0. The molecule has 2 saturated heterocycles. The first kappa shape index (κ1) is 16.8. The molecule has 1 aromatic rings. The molecular weight excluding hydrogens is 316 g/mol. The van der Waals surface area contributed by atoms with E-state index in [2.05, 4.69) is 10.00 Å². The van der Waals surface area contributed by atoms with Gasteiger partial charge < -0.3 is 4.90 Å².